The maximum Gasteiger partial charge on any atom is 0.257 e. The summed E-state index contributed by atoms with van der Waals surface area (Å²) in [7, 11) is 0. The van der Waals surface area contributed by atoms with Crippen molar-refractivity contribution < 1.29 is 4.79 Å². The van der Waals surface area contributed by atoms with Crippen molar-refractivity contribution in [1.29, 1.82) is 0 Å². The highest BCUT2D eigenvalue weighted by atomic mass is 35.5. The van der Waals surface area contributed by atoms with Crippen LogP contribution in [-0.4, -0.2) is 37.0 Å². The number of nitrogens with zero attached hydrogens (tertiary/aromatic N) is 2. The summed E-state index contributed by atoms with van der Waals surface area (Å²) in [6.45, 7) is 4.36. The molecule has 1 amide bonds. The lowest BCUT2D eigenvalue weighted by atomic mass is 10.1. The molecule has 166 valence electrons. The molecule has 1 fully saturated rings. The first-order valence-corrected chi connectivity index (χ1v) is 11.7. The molecule has 0 spiro atoms. The van der Waals surface area contributed by atoms with E-state index in [-0.39, 0.29) is 10.9 Å². The fraction of sp³-hybridized carbons (Fsp3) is 0.208. The molecule has 4 nitrogen and oxygen atoms in total. The maximum atomic E-state index is 12.6. The molecule has 32 heavy (non-hydrogen) atoms. The minimum Gasteiger partial charge on any atom is -0.368 e. The van der Waals surface area contributed by atoms with E-state index in [0.717, 1.165) is 49.0 Å². The Hall–Kier alpha value is -1.95. The van der Waals surface area contributed by atoms with Crippen LogP contribution in [0.15, 0.2) is 60.7 Å². The van der Waals surface area contributed by atoms with Crippen molar-refractivity contribution in [3.05, 3.63) is 91.9 Å². The highest BCUT2D eigenvalue weighted by Crippen LogP contribution is 2.31. The second kappa shape index (κ2) is 10.3. The van der Waals surface area contributed by atoms with Crippen molar-refractivity contribution in [3.8, 4) is 0 Å². The van der Waals surface area contributed by atoms with Crippen molar-refractivity contribution in [1.82, 2.24) is 4.90 Å². The van der Waals surface area contributed by atoms with Gasteiger partial charge in [-0.25, -0.2) is 0 Å². The van der Waals surface area contributed by atoms with Gasteiger partial charge in [0.05, 0.1) is 26.3 Å². The van der Waals surface area contributed by atoms with Gasteiger partial charge < -0.3 is 10.2 Å². The standard InChI is InChI=1S/C24H21Cl4N3O/c25-19-6-2-1-4-16(19)15-30-10-12-31(13-11-30)22-9-8-17(14-21(22)27)29-24(32)18-5-3-7-20(26)23(18)28/h1-9,14H,10-13,15H2,(H,29,32). The minimum absolute atomic E-state index is 0.226. The predicted molar refractivity (Wildman–Crippen MR) is 135 cm³/mol. The van der Waals surface area contributed by atoms with Crippen LogP contribution >= 0.6 is 46.4 Å². The van der Waals surface area contributed by atoms with Crippen LogP contribution in [0.4, 0.5) is 11.4 Å². The van der Waals surface area contributed by atoms with E-state index < -0.39 is 0 Å². The van der Waals surface area contributed by atoms with Gasteiger partial charge in [0.1, 0.15) is 0 Å². The second-order valence-corrected chi connectivity index (χ2v) is 9.18. The lowest BCUT2D eigenvalue weighted by molar-refractivity contribution is 0.102. The van der Waals surface area contributed by atoms with Gasteiger partial charge in [0, 0.05) is 43.4 Å². The lowest BCUT2D eigenvalue weighted by Crippen LogP contribution is -2.46. The molecule has 1 heterocycles. The number of carbonyl (C=O) groups is 1. The molecule has 0 unspecified atom stereocenters. The van der Waals surface area contributed by atoms with Crippen LogP contribution in [-0.2, 0) is 6.54 Å². The molecule has 0 atom stereocenters. The minimum atomic E-state index is -0.338. The normalized spacial score (nSPS) is 14.4. The molecule has 1 aliphatic heterocycles. The van der Waals surface area contributed by atoms with Gasteiger partial charge in [0.15, 0.2) is 0 Å². The molecule has 3 aromatic rings. The van der Waals surface area contributed by atoms with Crippen molar-refractivity contribution in [2.45, 2.75) is 6.54 Å². The van der Waals surface area contributed by atoms with Crippen LogP contribution < -0.4 is 10.2 Å². The number of carbonyl (C=O) groups excluding carboxylic acids is 1. The molecule has 0 aliphatic carbocycles. The zero-order valence-corrected chi connectivity index (χ0v) is 20.1. The van der Waals surface area contributed by atoms with E-state index in [1.54, 1.807) is 24.3 Å². The van der Waals surface area contributed by atoms with E-state index in [1.807, 2.05) is 30.3 Å². The molecular weight excluding hydrogens is 488 g/mol. The number of benzene rings is 3. The van der Waals surface area contributed by atoms with E-state index in [4.69, 9.17) is 46.4 Å². The van der Waals surface area contributed by atoms with Gasteiger partial charge in [0.2, 0.25) is 0 Å². The van der Waals surface area contributed by atoms with Gasteiger partial charge in [-0.15, -0.1) is 0 Å². The van der Waals surface area contributed by atoms with E-state index in [9.17, 15) is 4.79 Å². The lowest BCUT2D eigenvalue weighted by Gasteiger charge is -2.36. The Bertz CT molecular complexity index is 1130. The van der Waals surface area contributed by atoms with Crippen LogP contribution in [0.25, 0.3) is 0 Å². The Morgan fingerprint density at radius 1 is 0.812 bits per heavy atom. The van der Waals surface area contributed by atoms with E-state index >= 15 is 0 Å². The molecule has 0 bridgehead atoms. The topological polar surface area (TPSA) is 35.6 Å². The third kappa shape index (κ3) is 5.33. The number of hydrogen-bond acceptors (Lipinski definition) is 3. The number of nitrogens with one attached hydrogen (secondary N) is 1. The van der Waals surface area contributed by atoms with Gasteiger partial charge in [-0.05, 0) is 42.0 Å². The average molecular weight is 509 g/mol. The van der Waals surface area contributed by atoms with Crippen LogP contribution in [0.1, 0.15) is 15.9 Å². The largest absolute Gasteiger partial charge is 0.368 e. The molecule has 1 aliphatic rings. The molecule has 1 N–H and O–H groups in total. The molecule has 0 saturated carbocycles. The first-order valence-electron chi connectivity index (χ1n) is 10.2. The number of halogens is 4. The van der Waals surface area contributed by atoms with Crippen molar-refractivity contribution in [3.63, 3.8) is 0 Å². The summed E-state index contributed by atoms with van der Waals surface area (Å²) in [4.78, 5) is 17.2. The Morgan fingerprint density at radius 3 is 2.25 bits per heavy atom. The fourth-order valence-corrected chi connectivity index (χ4v) is 4.62. The fourth-order valence-electron chi connectivity index (χ4n) is 3.73. The summed E-state index contributed by atoms with van der Waals surface area (Å²) in [5.41, 5.74) is 2.99. The van der Waals surface area contributed by atoms with E-state index in [1.165, 1.54) is 0 Å². The molecule has 0 radical (unpaired) electrons. The van der Waals surface area contributed by atoms with Gasteiger partial charge in [-0.2, -0.15) is 0 Å². The first kappa shape index (κ1) is 23.2. The Morgan fingerprint density at radius 2 is 1.53 bits per heavy atom. The highest BCUT2D eigenvalue weighted by molar-refractivity contribution is 6.44. The summed E-state index contributed by atoms with van der Waals surface area (Å²) >= 11 is 25.0. The zero-order chi connectivity index (χ0) is 22.7. The van der Waals surface area contributed by atoms with Gasteiger partial charge in [-0.1, -0.05) is 70.7 Å². The number of piperazine rings is 1. The molecular formula is C24H21Cl4N3O. The second-order valence-electron chi connectivity index (χ2n) is 7.58. The van der Waals surface area contributed by atoms with E-state index in [2.05, 4.69) is 21.2 Å². The average Bonchev–Trinajstić information content (AvgIpc) is 2.78. The Labute approximate surface area is 207 Å². The predicted octanol–water partition coefficient (Wildman–Crippen LogP) is 6.87. The number of rotatable bonds is 5. The third-order valence-corrected chi connectivity index (χ3v) is 6.96. The smallest absolute Gasteiger partial charge is 0.257 e. The SMILES string of the molecule is O=C(Nc1ccc(N2CCN(Cc3ccccc3Cl)CC2)c(Cl)c1)c1cccc(Cl)c1Cl. The molecule has 3 aromatic carbocycles. The van der Waals surface area contributed by atoms with Crippen molar-refractivity contribution in [2.75, 3.05) is 36.4 Å². The van der Waals surface area contributed by atoms with Crippen molar-refractivity contribution in [2.24, 2.45) is 0 Å². The maximum absolute atomic E-state index is 12.6. The number of anilines is 2. The summed E-state index contributed by atoms with van der Waals surface area (Å²) in [5.74, 6) is -0.338. The van der Waals surface area contributed by atoms with E-state index in [0.29, 0.717) is 21.3 Å². The van der Waals surface area contributed by atoms with Crippen LogP contribution in [0, 0.1) is 0 Å². The third-order valence-electron chi connectivity index (χ3n) is 5.47. The Kier molecular flexibility index (Phi) is 7.49. The van der Waals surface area contributed by atoms with Crippen LogP contribution in [0.2, 0.25) is 20.1 Å². The summed E-state index contributed by atoms with van der Waals surface area (Å²) in [6, 6.07) is 18.4. The van der Waals surface area contributed by atoms with Gasteiger partial charge in [0.25, 0.3) is 5.91 Å². The summed E-state index contributed by atoms with van der Waals surface area (Å²) < 4.78 is 0. The quantitative estimate of drug-likeness (QED) is 0.408. The molecule has 1 saturated heterocycles. The molecule has 8 heteroatoms. The van der Waals surface area contributed by atoms with Crippen molar-refractivity contribution >= 4 is 63.7 Å². The first-order chi connectivity index (χ1) is 15.4. The molecule has 4 rings (SSSR count). The van der Waals surface area contributed by atoms with Gasteiger partial charge in [-0.3, -0.25) is 9.69 Å². The monoisotopic (exact) mass is 507 g/mol. The van der Waals surface area contributed by atoms with Gasteiger partial charge >= 0.3 is 0 Å². The summed E-state index contributed by atoms with van der Waals surface area (Å²) in [5, 5.41) is 4.78. The number of hydrogen-bond donors (Lipinski definition) is 1. The summed E-state index contributed by atoms with van der Waals surface area (Å²) in [6.07, 6.45) is 0. The molecule has 0 aromatic heterocycles. The zero-order valence-electron chi connectivity index (χ0n) is 17.1. The number of amides is 1. The van der Waals surface area contributed by atoms with Crippen LogP contribution in [0.3, 0.4) is 0 Å². The highest BCUT2D eigenvalue weighted by Gasteiger charge is 2.20. The van der Waals surface area contributed by atoms with Crippen LogP contribution in [0.5, 0.6) is 0 Å². The Balaban J connectivity index is 1.38.